The summed E-state index contributed by atoms with van der Waals surface area (Å²) in [5, 5.41) is 3.20. The van der Waals surface area contributed by atoms with Crippen LogP contribution >= 0.6 is 0 Å². The molecule has 0 bridgehead atoms. The van der Waals surface area contributed by atoms with Gasteiger partial charge in [0.15, 0.2) is 0 Å². The molecule has 3 aromatic carbocycles. The lowest BCUT2D eigenvalue weighted by Crippen LogP contribution is -2.54. The minimum atomic E-state index is -4.09. The van der Waals surface area contributed by atoms with E-state index in [0.29, 0.717) is 25.1 Å². The number of rotatable bonds is 12. The van der Waals surface area contributed by atoms with Crippen LogP contribution < -0.4 is 9.62 Å². The molecule has 1 unspecified atom stereocenters. The minimum absolute atomic E-state index is 0.106. The molecule has 1 aliphatic rings. The number of amides is 2. The molecule has 0 spiro atoms. The van der Waals surface area contributed by atoms with Gasteiger partial charge in [-0.15, -0.1) is 0 Å². The van der Waals surface area contributed by atoms with Crippen LogP contribution in [0.3, 0.4) is 0 Å². The number of anilines is 1. The second-order valence-electron chi connectivity index (χ2n) is 11.7. The Morgan fingerprint density at radius 1 is 0.884 bits per heavy atom. The summed E-state index contributed by atoms with van der Waals surface area (Å²) in [6, 6.07) is 21.4. The van der Waals surface area contributed by atoms with Crippen LogP contribution in [0.25, 0.3) is 0 Å². The van der Waals surface area contributed by atoms with Crippen LogP contribution in [0.2, 0.25) is 0 Å². The van der Waals surface area contributed by atoms with E-state index < -0.39 is 28.5 Å². The van der Waals surface area contributed by atoms with E-state index in [4.69, 9.17) is 0 Å². The molecular weight excluding hydrogens is 558 g/mol. The number of sulfonamides is 1. The number of carbonyl (C=O) groups excluding carboxylic acids is 2. The molecule has 1 saturated carbocycles. The molecule has 7 nitrogen and oxygen atoms in total. The second-order valence-corrected chi connectivity index (χ2v) is 13.6. The summed E-state index contributed by atoms with van der Waals surface area (Å²) in [7, 11) is -4.09. The molecule has 230 valence electrons. The third-order valence-corrected chi connectivity index (χ3v) is 10.1. The van der Waals surface area contributed by atoms with Gasteiger partial charge in [-0.3, -0.25) is 13.9 Å². The van der Waals surface area contributed by atoms with E-state index in [0.717, 1.165) is 47.9 Å². The average molecular weight is 604 g/mol. The number of nitrogens with zero attached hydrogens (tertiary/aromatic N) is 2. The van der Waals surface area contributed by atoms with Crippen LogP contribution in [0, 0.1) is 20.8 Å². The van der Waals surface area contributed by atoms with E-state index in [9.17, 15) is 18.0 Å². The Hall–Kier alpha value is -3.65. The largest absolute Gasteiger partial charge is 0.352 e. The monoisotopic (exact) mass is 603 g/mol. The Morgan fingerprint density at radius 2 is 1.53 bits per heavy atom. The van der Waals surface area contributed by atoms with Crippen LogP contribution in [-0.4, -0.2) is 50.3 Å². The molecule has 4 rings (SSSR count). The number of aryl methyl sites for hydroxylation is 3. The maximum Gasteiger partial charge on any atom is 0.264 e. The van der Waals surface area contributed by atoms with Crippen molar-refractivity contribution in [2.75, 3.05) is 17.4 Å². The van der Waals surface area contributed by atoms with Gasteiger partial charge in [-0.25, -0.2) is 8.42 Å². The normalized spacial score (nSPS) is 14.6. The summed E-state index contributed by atoms with van der Waals surface area (Å²) in [6.45, 7) is 7.48. The van der Waals surface area contributed by atoms with Crippen molar-refractivity contribution in [1.29, 1.82) is 0 Å². The van der Waals surface area contributed by atoms with Crippen LogP contribution in [0.4, 0.5) is 5.69 Å². The molecule has 1 atom stereocenters. The molecule has 8 heteroatoms. The van der Waals surface area contributed by atoms with Crippen molar-refractivity contribution >= 4 is 27.5 Å². The first-order valence-electron chi connectivity index (χ1n) is 15.4. The number of hydrogen-bond acceptors (Lipinski definition) is 4. The third kappa shape index (κ3) is 8.25. The zero-order valence-corrected chi connectivity index (χ0v) is 26.7. The highest BCUT2D eigenvalue weighted by atomic mass is 32.2. The quantitative estimate of drug-likeness (QED) is 0.271. The lowest BCUT2D eigenvalue weighted by Gasteiger charge is -2.34. The molecule has 0 aliphatic heterocycles. The Morgan fingerprint density at radius 3 is 2.16 bits per heavy atom. The van der Waals surface area contributed by atoms with Crippen molar-refractivity contribution in [2.24, 2.45) is 0 Å². The molecule has 0 heterocycles. The van der Waals surface area contributed by atoms with Crippen LogP contribution in [0.15, 0.2) is 77.7 Å². The smallest absolute Gasteiger partial charge is 0.264 e. The zero-order chi connectivity index (χ0) is 31.0. The Balaban J connectivity index is 1.69. The van der Waals surface area contributed by atoms with E-state index in [1.807, 2.05) is 70.2 Å². The predicted molar refractivity (Wildman–Crippen MR) is 173 cm³/mol. The standard InChI is InChI=1S/C35H45N3O4S/c1-5-32(35(40)36-30-14-10-7-11-15-30)37(23-22-29-12-8-6-9-13-29)34(39)25-38(33-21-18-27(3)24-28(33)4)43(41,42)31-19-16-26(2)17-20-31/h6,8-9,12-13,16-21,24,30,32H,5,7,10-11,14-15,22-23,25H2,1-4H3,(H,36,40). The van der Waals surface area contributed by atoms with Crippen molar-refractivity contribution in [3.8, 4) is 0 Å². The Kier molecular flexibility index (Phi) is 11.0. The molecule has 1 aliphatic carbocycles. The zero-order valence-electron chi connectivity index (χ0n) is 25.9. The third-order valence-electron chi connectivity index (χ3n) is 8.33. The molecule has 1 N–H and O–H groups in total. The number of nitrogens with one attached hydrogen (secondary N) is 1. The van der Waals surface area contributed by atoms with Crippen molar-refractivity contribution in [3.05, 3.63) is 95.1 Å². The van der Waals surface area contributed by atoms with Gasteiger partial charge in [-0.05, 0) is 75.8 Å². The number of carbonyl (C=O) groups is 2. The van der Waals surface area contributed by atoms with Crippen molar-refractivity contribution in [3.63, 3.8) is 0 Å². The molecule has 1 fully saturated rings. The maximum atomic E-state index is 14.3. The molecular formula is C35H45N3O4S. The van der Waals surface area contributed by atoms with Crippen LogP contribution in [-0.2, 0) is 26.0 Å². The highest BCUT2D eigenvalue weighted by Gasteiger charge is 2.34. The van der Waals surface area contributed by atoms with Crippen LogP contribution in [0.5, 0.6) is 0 Å². The molecule has 0 saturated heterocycles. The fraction of sp³-hybridized carbons (Fsp3) is 0.429. The van der Waals surface area contributed by atoms with Crippen molar-refractivity contribution < 1.29 is 18.0 Å². The van der Waals surface area contributed by atoms with Crippen molar-refractivity contribution in [2.45, 2.75) is 89.6 Å². The maximum absolute atomic E-state index is 14.3. The first-order chi connectivity index (χ1) is 20.6. The SMILES string of the molecule is CCC(C(=O)NC1CCCCC1)N(CCc1ccccc1)C(=O)CN(c1ccc(C)cc1C)S(=O)(=O)c1ccc(C)cc1. The predicted octanol–water partition coefficient (Wildman–Crippen LogP) is 6.11. The summed E-state index contributed by atoms with van der Waals surface area (Å²) < 4.78 is 29.5. The van der Waals surface area contributed by atoms with Gasteiger partial charge in [-0.1, -0.05) is 91.9 Å². The highest BCUT2D eigenvalue weighted by Crippen LogP contribution is 2.28. The fourth-order valence-corrected chi connectivity index (χ4v) is 7.35. The Labute approximate surface area is 257 Å². The van der Waals surface area contributed by atoms with E-state index in [1.54, 1.807) is 35.2 Å². The van der Waals surface area contributed by atoms with E-state index >= 15 is 0 Å². The highest BCUT2D eigenvalue weighted by molar-refractivity contribution is 7.92. The lowest BCUT2D eigenvalue weighted by molar-refractivity contribution is -0.140. The average Bonchev–Trinajstić information content (AvgIpc) is 2.99. The minimum Gasteiger partial charge on any atom is -0.352 e. The summed E-state index contributed by atoms with van der Waals surface area (Å²) >= 11 is 0. The first kappa shape index (κ1) is 32.3. The van der Waals surface area contributed by atoms with Crippen LogP contribution in [0.1, 0.15) is 67.7 Å². The molecule has 3 aromatic rings. The summed E-state index contributed by atoms with van der Waals surface area (Å²) in [5.41, 5.74) is 4.18. The first-order valence-corrected chi connectivity index (χ1v) is 16.8. The van der Waals surface area contributed by atoms with E-state index in [2.05, 4.69) is 5.32 Å². The van der Waals surface area contributed by atoms with Gasteiger partial charge in [-0.2, -0.15) is 0 Å². The van der Waals surface area contributed by atoms with Crippen molar-refractivity contribution in [1.82, 2.24) is 10.2 Å². The number of benzene rings is 3. The topological polar surface area (TPSA) is 86.8 Å². The lowest BCUT2D eigenvalue weighted by atomic mass is 9.95. The molecule has 0 radical (unpaired) electrons. The molecule has 0 aromatic heterocycles. The van der Waals surface area contributed by atoms with Gasteiger partial charge in [0.25, 0.3) is 10.0 Å². The molecule has 43 heavy (non-hydrogen) atoms. The second kappa shape index (κ2) is 14.7. The summed E-state index contributed by atoms with van der Waals surface area (Å²) in [6.07, 6.45) is 6.20. The fourth-order valence-electron chi connectivity index (χ4n) is 5.88. The van der Waals surface area contributed by atoms with E-state index in [1.165, 1.54) is 10.7 Å². The Bertz CT molecular complexity index is 1480. The van der Waals surface area contributed by atoms with Gasteiger partial charge >= 0.3 is 0 Å². The summed E-state index contributed by atoms with van der Waals surface area (Å²) in [4.78, 5) is 29.7. The van der Waals surface area contributed by atoms with Gasteiger partial charge < -0.3 is 10.2 Å². The van der Waals surface area contributed by atoms with Gasteiger partial charge in [0.05, 0.1) is 10.6 Å². The summed E-state index contributed by atoms with van der Waals surface area (Å²) in [5.74, 6) is -0.576. The number of hydrogen-bond donors (Lipinski definition) is 1. The van der Waals surface area contributed by atoms with Gasteiger partial charge in [0, 0.05) is 12.6 Å². The van der Waals surface area contributed by atoms with E-state index in [-0.39, 0.29) is 16.8 Å². The van der Waals surface area contributed by atoms with Gasteiger partial charge in [0.2, 0.25) is 11.8 Å². The van der Waals surface area contributed by atoms with Gasteiger partial charge in [0.1, 0.15) is 12.6 Å². The molecule has 2 amide bonds.